The Balaban J connectivity index is 5.96. The average Bonchev–Trinajstić information content (AvgIpc) is 2.48. The van der Waals surface area contributed by atoms with Crippen LogP contribution < -0.4 is 0 Å². The number of hydrogen-bond donors (Lipinski definition) is 0. The van der Waals surface area contributed by atoms with Crippen LogP contribution in [-0.4, -0.2) is 60.3 Å². The van der Waals surface area contributed by atoms with E-state index in [1.54, 1.807) is 0 Å². The lowest BCUT2D eigenvalue weighted by Crippen LogP contribution is -2.69. The van der Waals surface area contributed by atoms with Gasteiger partial charge >= 0.3 is 0 Å². The summed E-state index contributed by atoms with van der Waals surface area (Å²) in [7, 11) is 0. The van der Waals surface area contributed by atoms with E-state index in [1.807, 2.05) is 36.5 Å². The molecule has 2 nitrogen and oxygen atoms in total. The second-order valence-corrected chi connectivity index (χ2v) is 7.28. The highest BCUT2D eigenvalue weighted by atomic mass is 15.5. The zero-order valence-electron chi connectivity index (χ0n) is 16.1. The molecule has 0 atom stereocenters. The predicted molar refractivity (Wildman–Crippen MR) is 110 cm³/mol. The van der Waals surface area contributed by atoms with E-state index < -0.39 is 0 Å². The molecule has 0 aromatic rings. The summed E-state index contributed by atoms with van der Waals surface area (Å²) in [4.78, 5) is 0. The largest absolute Gasteiger partial charge is 0.309 e. The monoisotopic (exact) mass is 330 g/mol. The summed E-state index contributed by atoms with van der Waals surface area (Å²) < 4.78 is 1.75. The Hall–Kier alpha value is -1.64. The van der Waals surface area contributed by atoms with Crippen LogP contribution in [0.15, 0.2) is 75.9 Å². The van der Waals surface area contributed by atoms with Crippen molar-refractivity contribution in [2.24, 2.45) is 0 Å². The van der Waals surface area contributed by atoms with Gasteiger partial charge in [-0.1, -0.05) is 39.5 Å². The van der Waals surface area contributed by atoms with Crippen LogP contribution in [0.1, 0.15) is 13.8 Å². The zero-order chi connectivity index (χ0) is 18.7. The Labute approximate surface area is 150 Å². The normalized spacial score (nSPS) is 12.2. The Bertz CT molecular complexity index is 404. The molecule has 24 heavy (non-hydrogen) atoms. The minimum atomic E-state index is 0.00556. The first-order chi connectivity index (χ1) is 11.3. The lowest BCUT2D eigenvalue weighted by molar-refractivity contribution is -1.00. The fourth-order valence-corrected chi connectivity index (χ4v) is 3.92. The van der Waals surface area contributed by atoms with Crippen LogP contribution >= 0.6 is 0 Å². The van der Waals surface area contributed by atoms with Gasteiger partial charge in [0.25, 0.3) is 0 Å². The van der Waals surface area contributed by atoms with Crippen LogP contribution in [0.4, 0.5) is 0 Å². The van der Waals surface area contributed by atoms with Crippen molar-refractivity contribution in [3.8, 4) is 0 Å². The summed E-state index contributed by atoms with van der Waals surface area (Å²) in [6.07, 6.45) is 12.1. The average molecular weight is 331 g/mol. The molecule has 0 unspecified atom stereocenters. The Morgan fingerprint density at radius 1 is 0.583 bits per heavy atom. The summed E-state index contributed by atoms with van der Waals surface area (Å²) in [6, 6.07) is 0. The van der Waals surface area contributed by atoms with Crippen LogP contribution in [0.5, 0.6) is 0 Å². The highest BCUT2D eigenvalue weighted by Crippen LogP contribution is 2.29. The van der Waals surface area contributed by atoms with Crippen molar-refractivity contribution in [2.45, 2.75) is 19.4 Å². The summed E-state index contributed by atoms with van der Waals surface area (Å²) in [6.45, 7) is 34.9. The molecule has 0 aliphatic rings. The topological polar surface area (TPSA) is 0 Å². The van der Waals surface area contributed by atoms with Crippen LogP contribution in [-0.2, 0) is 0 Å². The SMILES string of the molecule is C=CC[N+](CC=C)(CC=C)CC(C)(C)[N+](CC=C)(CC=C)CC=C. The second kappa shape index (κ2) is 10.3. The molecule has 134 valence electrons. The third kappa shape index (κ3) is 5.47. The fourth-order valence-electron chi connectivity index (χ4n) is 3.92. The molecular weight excluding hydrogens is 292 g/mol. The van der Waals surface area contributed by atoms with Crippen molar-refractivity contribution in [1.29, 1.82) is 0 Å². The van der Waals surface area contributed by atoms with E-state index in [4.69, 9.17) is 0 Å². The molecule has 0 N–H and O–H groups in total. The van der Waals surface area contributed by atoms with Gasteiger partial charge in [0.15, 0.2) is 0 Å². The van der Waals surface area contributed by atoms with Gasteiger partial charge in [0.1, 0.15) is 12.1 Å². The minimum Gasteiger partial charge on any atom is -0.309 e. The maximum atomic E-state index is 3.99. The van der Waals surface area contributed by atoms with Crippen LogP contribution in [0.25, 0.3) is 0 Å². The molecule has 0 aromatic carbocycles. The van der Waals surface area contributed by atoms with Gasteiger partial charge in [0.05, 0.1) is 39.3 Å². The van der Waals surface area contributed by atoms with Gasteiger partial charge in [-0.3, -0.25) is 0 Å². The van der Waals surface area contributed by atoms with E-state index in [2.05, 4.69) is 53.3 Å². The minimum absolute atomic E-state index is 0.00556. The second-order valence-electron chi connectivity index (χ2n) is 7.28. The molecular formula is C22H38N2+2. The van der Waals surface area contributed by atoms with Crippen molar-refractivity contribution in [1.82, 2.24) is 0 Å². The van der Waals surface area contributed by atoms with E-state index in [0.29, 0.717) is 0 Å². The van der Waals surface area contributed by atoms with Gasteiger partial charge in [0.2, 0.25) is 0 Å². The quantitative estimate of drug-likeness (QED) is 0.306. The molecule has 0 aliphatic carbocycles. The Kier molecular flexibility index (Phi) is 9.57. The third-order valence-electron chi connectivity index (χ3n) is 4.99. The van der Waals surface area contributed by atoms with Gasteiger partial charge in [-0.15, -0.1) is 0 Å². The summed E-state index contributed by atoms with van der Waals surface area (Å²) in [5.41, 5.74) is 0.00556. The van der Waals surface area contributed by atoms with E-state index in [0.717, 1.165) is 54.8 Å². The van der Waals surface area contributed by atoms with Crippen molar-refractivity contribution < 1.29 is 8.97 Å². The van der Waals surface area contributed by atoms with Crippen molar-refractivity contribution in [3.63, 3.8) is 0 Å². The number of nitrogens with zero attached hydrogens (tertiary/aromatic N) is 2. The molecule has 0 saturated heterocycles. The zero-order valence-corrected chi connectivity index (χ0v) is 16.1. The van der Waals surface area contributed by atoms with E-state index >= 15 is 0 Å². The van der Waals surface area contributed by atoms with E-state index in [-0.39, 0.29) is 5.54 Å². The van der Waals surface area contributed by atoms with Crippen molar-refractivity contribution >= 4 is 0 Å². The summed E-state index contributed by atoms with van der Waals surface area (Å²) in [5.74, 6) is 0. The first-order valence-corrected chi connectivity index (χ1v) is 8.69. The molecule has 2 heteroatoms. The number of quaternary nitrogens is 2. The Morgan fingerprint density at radius 2 is 0.875 bits per heavy atom. The molecule has 0 amide bonds. The standard InChI is InChI=1S/C22H38N2/c1-9-15-23(16-10-2,17-11-3)21-22(7,8)24(18-12-4,19-13-5)20-14-6/h9-14H,1-6,15-21H2,7-8H3/q+2. The highest BCUT2D eigenvalue weighted by Gasteiger charge is 2.47. The van der Waals surface area contributed by atoms with Gasteiger partial charge in [-0.2, -0.15) is 0 Å². The molecule has 0 radical (unpaired) electrons. The van der Waals surface area contributed by atoms with E-state index in [1.165, 1.54) is 0 Å². The molecule has 0 bridgehead atoms. The molecule has 0 rings (SSSR count). The molecule has 0 spiro atoms. The summed E-state index contributed by atoms with van der Waals surface area (Å²) >= 11 is 0. The van der Waals surface area contributed by atoms with Crippen molar-refractivity contribution in [3.05, 3.63) is 75.9 Å². The van der Waals surface area contributed by atoms with Gasteiger partial charge in [-0.25, -0.2) is 0 Å². The van der Waals surface area contributed by atoms with E-state index in [9.17, 15) is 0 Å². The molecule has 0 aliphatic heterocycles. The van der Waals surface area contributed by atoms with Gasteiger partial charge in [0, 0.05) is 0 Å². The molecule has 0 saturated carbocycles. The fraction of sp³-hybridized carbons (Fsp3) is 0.455. The summed E-state index contributed by atoms with van der Waals surface area (Å²) in [5, 5.41) is 0. The third-order valence-corrected chi connectivity index (χ3v) is 4.99. The van der Waals surface area contributed by atoms with Crippen molar-refractivity contribution in [2.75, 3.05) is 45.8 Å². The van der Waals surface area contributed by atoms with Crippen LogP contribution in [0.3, 0.4) is 0 Å². The predicted octanol–water partition coefficient (Wildman–Crippen LogP) is 4.51. The lowest BCUT2D eigenvalue weighted by Gasteiger charge is -2.52. The highest BCUT2D eigenvalue weighted by molar-refractivity contribution is 4.86. The molecule has 0 aromatic heterocycles. The maximum Gasteiger partial charge on any atom is 0.144 e. The smallest absolute Gasteiger partial charge is 0.144 e. The van der Waals surface area contributed by atoms with Crippen LogP contribution in [0, 0.1) is 0 Å². The number of rotatable bonds is 15. The first-order valence-electron chi connectivity index (χ1n) is 8.69. The molecule has 0 fully saturated rings. The van der Waals surface area contributed by atoms with Gasteiger partial charge in [-0.05, 0) is 50.3 Å². The Morgan fingerprint density at radius 3 is 1.12 bits per heavy atom. The van der Waals surface area contributed by atoms with Gasteiger partial charge < -0.3 is 8.97 Å². The molecule has 0 heterocycles. The first kappa shape index (κ1) is 22.4. The van der Waals surface area contributed by atoms with Crippen LogP contribution in [0.2, 0.25) is 0 Å². The number of hydrogen-bond acceptors (Lipinski definition) is 0. The lowest BCUT2D eigenvalue weighted by atomic mass is 9.94. The maximum absolute atomic E-state index is 3.99.